The molecule has 6 nitrogen and oxygen atoms in total. The van der Waals surface area contributed by atoms with Crippen LogP contribution < -0.4 is 5.32 Å². The quantitative estimate of drug-likeness (QED) is 0.191. The number of amides is 1. The topological polar surface area (TPSA) is 66.0 Å². The first-order valence-electron chi connectivity index (χ1n) is 10.8. The molecular weight excluding hydrogens is 505 g/mol. The number of nitrogens with one attached hydrogen (secondary N) is 1. The van der Waals surface area contributed by atoms with Crippen LogP contribution in [0.15, 0.2) is 43.0 Å². The predicted molar refractivity (Wildman–Crippen MR) is 135 cm³/mol. The maximum absolute atomic E-state index is 12.7. The molecule has 1 aromatic rings. The molecule has 4 atom stereocenters. The summed E-state index contributed by atoms with van der Waals surface area (Å²) in [6.07, 6.45) is 1.57. The lowest BCUT2D eigenvalue weighted by Crippen LogP contribution is -2.75. The van der Waals surface area contributed by atoms with Crippen molar-refractivity contribution in [3.05, 3.63) is 48.6 Å². The number of hydrogen-bond donors (Lipinski definition) is 1. The summed E-state index contributed by atoms with van der Waals surface area (Å²) in [5.74, 6) is -1.09. The SMILES string of the molecule is C=C[C@@]1(NC(=O)C(Cl)(Cl)Cl)CO[C@@H](OC)[C@H](CCOCc2ccccc2)[C@]1(C)O[Si](C)(C)C. The van der Waals surface area contributed by atoms with Gasteiger partial charge in [0.15, 0.2) is 14.6 Å². The van der Waals surface area contributed by atoms with E-state index in [1.165, 1.54) is 0 Å². The molecular formula is C23H34Cl3NO5Si. The molecule has 0 bridgehead atoms. The van der Waals surface area contributed by atoms with Crippen LogP contribution in [0.5, 0.6) is 0 Å². The predicted octanol–water partition coefficient (Wildman–Crippen LogP) is 5.23. The molecule has 2 rings (SSSR count). The van der Waals surface area contributed by atoms with Crippen LogP contribution in [-0.4, -0.2) is 55.8 Å². The molecule has 0 aliphatic carbocycles. The molecule has 33 heavy (non-hydrogen) atoms. The molecule has 1 aromatic carbocycles. The number of methoxy groups -OCH3 is 1. The molecule has 1 N–H and O–H groups in total. The van der Waals surface area contributed by atoms with Crippen molar-refractivity contribution in [1.29, 1.82) is 0 Å². The van der Waals surface area contributed by atoms with Crippen LogP contribution in [-0.2, 0) is 30.0 Å². The highest BCUT2D eigenvalue weighted by Crippen LogP contribution is 2.46. The molecule has 186 valence electrons. The van der Waals surface area contributed by atoms with Gasteiger partial charge in [-0.1, -0.05) is 71.2 Å². The molecule has 0 aromatic heterocycles. The molecule has 1 aliphatic rings. The van der Waals surface area contributed by atoms with E-state index in [-0.39, 0.29) is 12.5 Å². The minimum absolute atomic E-state index is 0.0455. The van der Waals surface area contributed by atoms with E-state index in [9.17, 15) is 4.79 Å². The van der Waals surface area contributed by atoms with E-state index < -0.39 is 35.4 Å². The molecule has 0 unspecified atom stereocenters. The monoisotopic (exact) mass is 537 g/mol. The molecule has 0 saturated carbocycles. The minimum Gasteiger partial charge on any atom is -0.409 e. The lowest BCUT2D eigenvalue weighted by molar-refractivity contribution is -0.260. The highest BCUT2D eigenvalue weighted by molar-refractivity contribution is 6.76. The number of rotatable bonds is 10. The fourth-order valence-corrected chi connectivity index (χ4v) is 5.98. The first-order chi connectivity index (χ1) is 15.3. The van der Waals surface area contributed by atoms with Crippen molar-refractivity contribution in [1.82, 2.24) is 5.32 Å². The number of ether oxygens (including phenoxy) is 3. The Kier molecular flexibility index (Phi) is 9.87. The van der Waals surface area contributed by atoms with Crippen LogP contribution in [0.4, 0.5) is 0 Å². The van der Waals surface area contributed by atoms with Crippen molar-refractivity contribution in [3.63, 3.8) is 0 Å². The van der Waals surface area contributed by atoms with E-state index in [1.54, 1.807) is 13.2 Å². The summed E-state index contributed by atoms with van der Waals surface area (Å²) in [5.41, 5.74) is -1.05. The van der Waals surface area contributed by atoms with Crippen LogP contribution in [0.25, 0.3) is 0 Å². The average molecular weight is 539 g/mol. The summed E-state index contributed by atoms with van der Waals surface area (Å²) in [5, 5.41) is 2.85. The van der Waals surface area contributed by atoms with Gasteiger partial charge in [-0.2, -0.15) is 0 Å². The van der Waals surface area contributed by atoms with Crippen molar-refractivity contribution in [3.8, 4) is 0 Å². The summed E-state index contributed by atoms with van der Waals surface area (Å²) in [7, 11) is -0.572. The maximum Gasteiger partial charge on any atom is 0.273 e. The Balaban J connectivity index is 2.34. The standard InChI is InChI=1S/C23H34Cl3NO5Si/c1-7-22(27-20(28)23(24,25)26)16-31-19(29-3)18(21(22,2)32-33(4,5)6)13-14-30-15-17-11-9-8-10-12-17/h7-12,18-19H,1,13-16H2,2-6H3,(H,27,28)/t18-,19+,21-,22+/m0/s1. The van der Waals surface area contributed by atoms with E-state index in [2.05, 4.69) is 31.5 Å². The molecule has 1 fully saturated rings. The van der Waals surface area contributed by atoms with Crippen molar-refractivity contribution >= 4 is 49.0 Å². The van der Waals surface area contributed by atoms with Gasteiger partial charge < -0.3 is 24.0 Å². The van der Waals surface area contributed by atoms with Gasteiger partial charge >= 0.3 is 0 Å². The lowest BCUT2D eigenvalue weighted by atomic mass is 9.69. The van der Waals surface area contributed by atoms with Gasteiger partial charge in [0.2, 0.25) is 0 Å². The first-order valence-corrected chi connectivity index (χ1v) is 15.3. The van der Waals surface area contributed by atoms with Gasteiger partial charge in [-0.05, 0) is 38.5 Å². The zero-order chi connectivity index (χ0) is 24.9. The largest absolute Gasteiger partial charge is 0.409 e. The second-order valence-corrected chi connectivity index (χ2v) is 16.0. The third-order valence-electron chi connectivity index (χ3n) is 5.77. The second-order valence-electron chi connectivity index (χ2n) is 9.30. The van der Waals surface area contributed by atoms with Crippen molar-refractivity contribution < 1.29 is 23.4 Å². The smallest absolute Gasteiger partial charge is 0.273 e. The summed E-state index contributed by atoms with van der Waals surface area (Å²) >= 11 is 17.6. The second kappa shape index (κ2) is 11.4. The Morgan fingerprint density at radius 1 is 1.30 bits per heavy atom. The maximum atomic E-state index is 12.7. The van der Waals surface area contributed by atoms with E-state index in [1.807, 2.05) is 37.3 Å². The molecule has 1 amide bonds. The summed E-state index contributed by atoms with van der Waals surface area (Å²) in [4.78, 5) is 12.7. The Morgan fingerprint density at radius 3 is 2.45 bits per heavy atom. The number of alkyl halides is 3. The van der Waals surface area contributed by atoms with Crippen LogP contribution in [0.2, 0.25) is 19.6 Å². The van der Waals surface area contributed by atoms with Gasteiger partial charge in [-0.25, -0.2) is 0 Å². The minimum atomic E-state index is -2.15. The molecule has 1 heterocycles. The third kappa shape index (κ3) is 7.18. The highest BCUT2D eigenvalue weighted by Gasteiger charge is 2.61. The van der Waals surface area contributed by atoms with Crippen LogP contribution in [0.1, 0.15) is 18.9 Å². The Labute approximate surface area is 213 Å². The summed E-state index contributed by atoms with van der Waals surface area (Å²) in [6.45, 7) is 13.1. The zero-order valence-electron chi connectivity index (χ0n) is 19.8. The van der Waals surface area contributed by atoms with Crippen molar-refractivity contribution in [2.45, 2.75) is 60.8 Å². The lowest BCUT2D eigenvalue weighted by Gasteiger charge is -2.58. The van der Waals surface area contributed by atoms with Crippen LogP contribution in [0, 0.1) is 5.92 Å². The van der Waals surface area contributed by atoms with Crippen LogP contribution >= 0.6 is 34.8 Å². The summed E-state index contributed by atoms with van der Waals surface area (Å²) in [6, 6.07) is 9.92. The van der Waals surface area contributed by atoms with Gasteiger partial charge in [-0.15, -0.1) is 6.58 Å². The van der Waals surface area contributed by atoms with E-state index in [0.29, 0.717) is 19.6 Å². The molecule has 1 saturated heterocycles. The van der Waals surface area contributed by atoms with Crippen molar-refractivity contribution in [2.75, 3.05) is 20.3 Å². The Morgan fingerprint density at radius 2 is 1.94 bits per heavy atom. The normalized spacial score (nSPS) is 28.4. The van der Waals surface area contributed by atoms with E-state index >= 15 is 0 Å². The fraction of sp³-hybridized carbons (Fsp3) is 0.609. The highest BCUT2D eigenvalue weighted by atomic mass is 35.6. The number of benzene rings is 1. The molecule has 0 spiro atoms. The van der Waals surface area contributed by atoms with Crippen LogP contribution in [0.3, 0.4) is 0 Å². The molecule has 10 heteroatoms. The van der Waals surface area contributed by atoms with Crippen molar-refractivity contribution in [2.24, 2.45) is 5.92 Å². The summed E-state index contributed by atoms with van der Waals surface area (Å²) < 4.78 is 22.2. The van der Waals surface area contributed by atoms with Gasteiger partial charge in [-0.3, -0.25) is 4.79 Å². The molecule has 1 aliphatic heterocycles. The Hall–Kier alpha value is -0.643. The van der Waals surface area contributed by atoms with E-state index in [0.717, 1.165) is 5.56 Å². The zero-order valence-corrected chi connectivity index (χ0v) is 23.1. The average Bonchev–Trinajstić information content (AvgIpc) is 2.72. The first kappa shape index (κ1) is 28.6. The van der Waals surface area contributed by atoms with Gasteiger partial charge in [0.1, 0.15) is 5.54 Å². The van der Waals surface area contributed by atoms with Gasteiger partial charge in [0, 0.05) is 19.6 Å². The van der Waals surface area contributed by atoms with Gasteiger partial charge in [0.25, 0.3) is 9.70 Å². The van der Waals surface area contributed by atoms with Gasteiger partial charge in [0.05, 0.1) is 18.8 Å². The fourth-order valence-electron chi connectivity index (χ4n) is 4.23. The number of carbonyl (C=O) groups is 1. The number of halogens is 3. The number of carbonyl (C=O) groups excluding carboxylic acids is 1. The number of hydrogen-bond acceptors (Lipinski definition) is 5. The Bertz CT molecular complexity index is 802. The third-order valence-corrected chi connectivity index (χ3v) is 7.33. The van der Waals surface area contributed by atoms with E-state index in [4.69, 9.17) is 53.4 Å². The molecule has 0 radical (unpaired) electrons.